The van der Waals surface area contributed by atoms with E-state index in [0.29, 0.717) is 12.1 Å². The highest BCUT2D eigenvalue weighted by Gasteiger charge is 2.46. The molecule has 2 aliphatic heterocycles. The highest BCUT2D eigenvalue weighted by molar-refractivity contribution is 6.23. The van der Waals surface area contributed by atoms with Gasteiger partial charge in [0.05, 0.1) is 72.8 Å². The number of aromatic nitrogens is 2. The molecule has 0 radical (unpaired) electrons. The Hall–Kier alpha value is -12.5. The van der Waals surface area contributed by atoms with E-state index >= 15 is 0 Å². The van der Waals surface area contributed by atoms with Gasteiger partial charge in [-0.2, -0.15) is 0 Å². The Balaban J connectivity index is 1.05. The van der Waals surface area contributed by atoms with Crippen molar-refractivity contribution in [2.24, 2.45) is 0 Å². The number of para-hydroxylation sites is 4. The molecule has 0 spiro atoms. The molecule has 20 rings (SSSR count). The lowest BCUT2D eigenvalue weighted by Crippen LogP contribution is -2.31. The summed E-state index contributed by atoms with van der Waals surface area (Å²) >= 11 is 0. The molecule has 15 aromatic carbocycles. The number of hydrogen-bond acceptors (Lipinski definition) is 2. The molecule has 4 heteroatoms. The van der Waals surface area contributed by atoms with Crippen molar-refractivity contribution in [2.75, 3.05) is 9.80 Å². The predicted octanol–water partition coefficient (Wildman–Crippen LogP) is 28.4. The summed E-state index contributed by atoms with van der Waals surface area (Å²) < 4.78 is 82.8. The normalized spacial score (nSPS) is 14.8. The van der Waals surface area contributed by atoms with Crippen LogP contribution in [0.2, 0.25) is 0 Å². The standard InChI is InChI=1S/C104H84N4/c1-102(2,3)73-52-53-82-90(61-73)108(101-84(66-35-17-11-18-36-66)64-93-98(96(101)68-39-21-13-22-40-68)81-47-29-32-50-88(81)105(93)76-42-23-14-24-43-76)92-63-77(106-86-48-30-27-45-79(86)80-46-28-31-49-87(80)106)62-91-99(92)97(82)85-58-69(71-56-74(103(4,5)6)60-75(57-71)104(7,8)9)51-54-89(85)107(91)100-83(65-33-15-10-16-34-65)59-72-55-70-41-25-26-44-78(70)94(72)95(100)67-37-19-12-20-38-67/h10-54,56-64,97H,55H2,1-9H3/i27D,28D,30D,31D,45D,46D,48D,49D. The van der Waals surface area contributed by atoms with Crippen molar-refractivity contribution in [3.8, 4) is 78.1 Å². The van der Waals surface area contributed by atoms with Crippen LogP contribution in [0.15, 0.2) is 327 Å². The first kappa shape index (κ1) is 56.8. The van der Waals surface area contributed by atoms with E-state index in [1.807, 2.05) is 0 Å². The molecule has 0 saturated heterocycles. The summed E-state index contributed by atoms with van der Waals surface area (Å²) in [6, 6.07) is 98.2. The Labute approximate surface area is 645 Å². The van der Waals surface area contributed by atoms with Gasteiger partial charge in [0, 0.05) is 61.0 Å². The van der Waals surface area contributed by atoms with Gasteiger partial charge in [-0.3, -0.25) is 0 Å². The summed E-state index contributed by atoms with van der Waals surface area (Å²) in [6.07, 6.45) is 0.706. The lowest BCUT2D eigenvalue weighted by atomic mass is 9.73. The zero-order valence-electron chi connectivity index (χ0n) is 70.1. The SMILES string of the molecule is [2H]c1c([2H])c([2H])c2c(c1[2H])c1c([2H])c([2H])c([2H])c([2H])c1n2-c1cc2c3c(c1)N(c1c(-c4ccccc4)cc4c(c1-c1ccccc1)c1ccccc1n4-c1ccccc1)c1cc(C(C)(C)C)ccc1C3c1cc(-c3cc(C(C)(C)C)cc(C(C)(C)C)c3)ccc1N2c1c(-c2ccccc2)cc2c(c1-c1ccccc1)-c1ccccc1C2. The minimum absolute atomic E-state index is 0.00728. The average molecular weight is 1400 g/mol. The topological polar surface area (TPSA) is 16.3 Å². The highest BCUT2D eigenvalue weighted by Crippen LogP contribution is 2.67. The molecule has 0 saturated carbocycles. The van der Waals surface area contributed by atoms with E-state index < -0.39 is 47.6 Å². The summed E-state index contributed by atoms with van der Waals surface area (Å²) in [6.45, 7) is 20.6. The van der Waals surface area contributed by atoms with E-state index in [-0.39, 0.29) is 44.7 Å². The van der Waals surface area contributed by atoms with Gasteiger partial charge in [0.2, 0.25) is 0 Å². The van der Waals surface area contributed by atoms with E-state index in [9.17, 15) is 11.0 Å². The molecule has 1 unspecified atom stereocenters. The second kappa shape index (κ2) is 24.5. The maximum atomic E-state index is 10.3. The fourth-order valence-electron chi connectivity index (χ4n) is 17.8. The van der Waals surface area contributed by atoms with E-state index in [1.165, 1.54) is 22.3 Å². The molecule has 4 nitrogen and oxygen atoms in total. The Morgan fingerprint density at radius 1 is 0.306 bits per heavy atom. The van der Waals surface area contributed by atoms with Crippen LogP contribution in [0.3, 0.4) is 0 Å². The number of anilines is 6. The van der Waals surface area contributed by atoms with Crippen molar-refractivity contribution in [3.05, 3.63) is 372 Å². The third-order valence-electron chi connectivity index (χ3n) is 22.9. The first-order valence-electron chi connectivity index (χ1n) is 41.7. The monoisotopic (exact) mass is 1400 g/mol. The molecule has 108 heavy (non-hydrogen) atoms. The van der Waals surface area contributed by atoms with Gasteiger partial charge in [0.1, 0.15) is 0 Å². The molecule has 520 valence electrons. The number of rotatable bonds is 9. The summed E-state index contributed by atoms with van der Waals surface area (Å²) in [5.41, 5.74) is 29.1. The molecule has 1 aliphatic carbocycles. The van der Waals surface area contributed by atoms with Gasteiger partial charge in [-0.1, -0.05) is 317 Å². The molecular formula is C104H84N4. The maximum absolute atomic E-state index is 10.3. The van der Waals surface area contributed by atoms with Crippen molar-refractivity contribution in [2.45, 2.75) is 90.9 Å². The number of hydrogen-bond donors (Lipinski definition) is 0. The first-order chi connectivity index (χ1) is 55.8. The van der Waals surface area contributed by atoms with Gasteiger partial charge in [0.15, 0.2) is 0 Å². The summed E-state index contributed by atoms with van der Waals surface area (Å²) in [4.78, 5) is 5.03. The van der Waals surface area contributed by atoms with Crippen LogP contribution in [-0.4, -0.2) is 9.13 Å². The lowest BCUT2D eigenvalue weighted by molar-refractivity contribution is 0.569. The maximum Gasteiger partial charge on any atom is 0.0645 e. The van der Waals surface area contributed by atoms with E-state index in [1.54, 1.807) is 4.57 Å². The largest absolute Gasteiger partial charge is 0.309 e. The molecule has 0 fully saturated rings. The second-order valence-corrected chi connectivity index (χ2v) is 32.6. The van der Waals surface area contributed by atoms with Gasteiger partial charge < -0.3 is 18.9 Å². The zero-order chi connectivity index (χ0) is 80.0. The Morgan fingerprint density at radius 3 is 1.43 bits per heavy atom. The van der Waals surface area contributed by atoms with Gasteiger partial charge in [-0.15, -0.1) is 0 Å². The van der Waals surface area contributed by atoms with Gasteiger partial charge in [-0.25, -0.2) is 0 Å². The molecule has 4 heterocycles. The fourth-order valence-corrected chi connectivity index (χ4v) is 17.8. The number of benzene rings is 15. The summed E-state index contributed by atoms with van der Waals surface area (Å²) in [5.74, 6) is -0.541. The molecule has 0 bridgehead atoms. The quantitative estimate of drug-likeness (QED) is 0.143. The molecule has 0 N–H and O–H groups in total. The molecule has 17 aromatic rings. The predicted molar refractivity (Wildman–Crippen MR) is 457 cm³/mol. The van der Waals surface area contributed by atoms with Crippen LogP contribution in [0.4, 0.5) is 34.1 Å². The van der Waals surface area contributed by atoms with Crippen molar-refractivity contribution in [1.82, 2.24) is 9.13 Å². The third kappa shape index (κ3) is 10.2. The number of nitrogens with zero attached hydrogens (tertiary/aromatic N) is 4. The second-order valence-electron chi connectivity index (χ2n) is 32.6. The molecule has 2 aromatic heterocycles. The number of fused-ring (bicyclic) bond motifs is 13. The van der Waals surface area contributed by atoms with E-state index in [4.69, 9.17) is 0 Å². The first-order valence-corrected chi connectivity index (χ1v) is 37.7. The van der Waals surface area contributed by atoms with Gasteiger partial charge >= 0.3 is 0 Å². The molecule has 3 aliphatic rings. The van der Waals surface area contributed by atoms with Crippen LogP contribution in [0.1, 0.15) is 124 Å². The van der Waals surface area contributed by atoms with E-state index in [2.05, 4.69) is 356 Å². The van der Waals surface area contributed by atoms with Crippen LogP contribution >= 0.6 is 0 Å². The minimum atomic E-state index is -0.541. The molecule has 1 atom stereocenters. The van der Waals surface area contributed by atoms with Crippen molar-refractivity contribution < 1.29 is 11.0 Å². The van der Waals surface area contributed by atoms with Crippen molar-refractivity contribution >= 4 is 77.7 Å². The fraction of sp³-hybridized carbons (Fsp3) is 0.135. The third-order valence-corrected chi connectivity index (χ3v) is 22.9. The van der Waals surface area contributed by atoms with Crippen LogP contribution in [0, 0.1) is 0 Å². The van der Waals surface area contributed by atoms with Crippen molar-refractivity contribution in [1.29, 1.82) is 0 Å². The molecule has 0 amide bonds. The summed E-state index contributed by atoms with van der Waals surface area (Å²) in [7, 11) is 0. The van der Waals surface area contributed by atoms with E-state index in [0.717, 1.165) is 151 Å². The van der Waals surface area contributed by atoms with Crippen LogP contribution in [-0.2, 0) is 22.7 Å². The smallest absolute Gasteiger partial charge is 0.0645 e. The highest BCUT2D eigenvalue weighted by atomic mass is 15.2. The summed E-state index contributed by atoms with van der Waals surface area (Å²) in [5, 5.41) is 2.06. The van der Waals surface area contributed by atoms with Crippen LogP contribution < -0.4 is 9.80 Å². The Morgan fingerprint density at radius 2 is 0.815 bits per heavy atom. The molecular weight excluding hydrogens is 1310 g/mol. The Kier molecular flexibility index (Phi) is 12.9. The van der Waals surface area contributed by atoms with Crippen LogP contribution in [0.25, 0.3) is 122 Å². The Bertz CT molecular complexity index is 6900. The van der Waals surface area contributed by atoms with Gasteiger partial charge in [-0.05, 0) is 179 Å². The lowest BCUT2D eigenvalue weighted by Gasteiger charge is -2.47. The van der Waals surface area contributed by atoms with Gasteiger partial charge in [0.25, 0.3) is 0 Å². The zero-order valence-corrected chi connectivity index (χ0v) is 62.1. The van der Waals surface area contributed by atoms with Crippen LogP contribution in [0.5, 0.6) is 0 Å². The van der Waals surface area contributed by atoms with Crippen molar-refractivity contribution in [3.63, 3.8) is 0 Å². The average Bonchev–Trinajstić information content (AvgIpc) is 1.06. The minimum Gasteiger partial charge on any atom is -0.309 e.